The number of hydrogen-bond acceptors (Lipinski definition) is 5. The van der Waals surface area contributed by atoms with Crippen LogP contribution in [0.15, 0.2) is 0 Å². The first-order valence-electron chi connectivity index (χ1n) is 6.91. The molecule has 1 unspecified atom stereocenters. The predicted octanol–water partition coefficient (Wildman–Crippen LogP) is 0.561. The summed E-state index contributed by atoms with van der Waals surface area (Å²) in [5, 5.41) is 2.77. The van der Waals surface area contributed by atoms with Crippen molar-refractivity contribution < 1.29 is 14.3 Å². The molecule has 1 saturated heterocycles. The van der Waals surface area contributed by atoms with Crippen LogP contribution in [0.5, 0.6) is 0 Å². The van der Waals surface area contributed by atoms with Gasteiger partial charge in [0.05, 0.1) is 13.2 Å². The van der Waals surface area contributed by atoms with Gasteiger partial charge in [-0.2, -0.15) is 0 Å². The normalized spacial score (nSPS) is 18.9. The summed E-state index contributed by atoms with van der Waals surface area (Å²) in [6, 6.07) is 0.291. The fourth-order valence-electron chi connectivity index (χ4n) is 2.05. The van der Waals surface area contributed by atoms with E-state index in [4.69, 9.17) is 15.2 Å². The number of nitrogens with two attached hydrogens (primary N) is 1. The summed E-state index contributed by atoms with van der Waals surface area (Å²) in [6.07, 6.45) is 0.459. The fourth-order valence-corrected chi connectivity index (χ4v) is 2.05. The van der Waals surface area contributed by atoms with Crippen molar-refractivity contribution in [3.8, 4) is 0 Å². The maximum atomic E-state index is 11.5. The third-order valence-corrected chi connectivity index (χ3v) is 2.98. The summed E-state index contributed by atoms with van der Waals surface area (Å²) < 4.78 is 10.5. The molecule has 0 aromatic heterocycles. The number of carbonyl (C=O) groups excluding carboxylic acids is 1. The molecule has 1 amide bonds. The molecule has 112 valence electrons. The van der Waals surface area contributed by atoms with E-state index in [1.807, 2.05) is 20.8 Å². The van der Waals surface area contributed by atoms with E-state index >= 15 is 0 Å². The second kappa shape index (κ2) is 7.67. The van der Waals surface area contributed by atoms with Crippen LogP contribution in [0.4, 0.5) is 4.79 Å². The number of morpholine rings is 1. The molecule has 0 bridgehead atoms. The molecule has 1 atom stereocenters. The number of carbonyl (C=O) groups is 1. The van der Waals surface area contributed by atoms with E-state index in [-0.39, 0.29) is 6.09 Å². The van der Waals surface area contributed by atoms with Gasteiger partial charge >= 0.3 is 6.09 Å². The van der Waals surface area contributed by atoms with E-state index in [0.717, 1.165) is 32.7 Å². The highest BCUT2D eigenvalue weighted by Crippen LogP contribution is 2.08. The third kappa shape index (κ3) is 6.75. The zero-order chi connectivity index (χ0) is 14.3. The van der Waals surface area contributed by atoms with Crippen LogP contribution in [0.25, 0.3) is 0 Å². The van der Waals surface area contributed by atoms with Crippen molar-refractivity contribution in [2.24, 2.45) is 5.73 Å². The Hall–Kier alpha value is -0.850. The molecule has 0 radical (unpaired) electrons. The molecular weight excluding hydrogens is 246 g/mol. The van der Waals surface area contributed by atoms with Gasteiger partial charge in [-0.15, -0.1) is 0 Å². The van der Waals surface area contributed by atoms with Crippen LogP contribution in [0.1, 0.15) is 27.2 Å². The van der Waals surface area contributed by atoms with Crippen LogP contribution < -0.4 is 11.1 Å². The maximum absolute atomic E-state index is 11.5. The molecule has 1 heterocycles. The first-order chi connectivity index (χ1) is 8.92. The molecule has 1 fully saturated rings. The molecule has 0 aromatic carbocycles. The minimum atomic E-state index is -0.457. The SMILES string of the molecule is CC(C)(C)OC(=O)NCCC(CN)N1CCOCC1. The van der Waals surface area contributed by atoms with Crippen molar-refractivity contribution in [2.45, 2.75) is 38.8 Å². The Morgan fingerprint density at radius 2 is 2.05 bits per heavy atom. The zero-order valence-corrected chi connectivity index (χ0v) is 12.3. The molecule has 0 spiro atoms. The maximum Gasteiger partial charge on any atom is 0.407 e. The number of ether oxygens (including phenoxy) is 2. The topological polar surface area (TPSA) is 76.8 Å². The predicted molar refractivity (Wildman–Crippen MR) is 74.1 cm³/mol. The highest BCUT2D eigenvalue weighted by atomic mass is 16.6. The van der Waals surface area contributed by atoms with Gasteiger partial charge in [-0.1, -0.05) is 0 Å². The van der Waals surface area contributed by atoms with Crippen LogP contribution in [0, 0.1) is 0 Å². The van der Waals surface area contributed by atoms with Crippen molar-refractivity contribution >= 4 is 6.09 Å². The van der Waals surface area contributed by atoms with Crippen molar-refractivity contribution in [3.05, 3.63) is 0 Å². The Kier molecular flexibility index (Phi) is 6.54. The van der Waals surface area contributed by atoms with Gasteiger partial charge in [0.15, 0.2) is 0 Å². The van der Waals surface area contributed by atoms with Gasteiger partial charge < -0.3 is 20.5 Å². The molecule has 0 saturated carbocycles. The van der Waals surface area contributed by atoms with Crippen LogP contribution in [-0.2, 0) is 9.47 Å². The lowest BCUT2D eigenvalue weighted by Crippen LogP contribution is -2.48. The summed E-state index contributed by atoms with van der Waals surface area (Å²) in [7, 11) is 0. The summed E-state index contributed by atoms with van der Waals surface area (Å²) in [5.74, 6) is 0. The van der Waals surface area contributed by atoms with E-state index < -0.39 is 5.60 Å². The van der Waals surface area contributed by atoms with Crippen LogP contribution in [0.2, 0.25) is 0 Å². The third-order valence-electron chi connectivity index (χ3n) is 2.98. The molecule has 1 aliphatic rings. The molecule has 1 aliphatic heterocycles. The van der Waals surface area contributed by atoms with E-state index in [1.54, 1.807) is 0 Å². The molecule has 6 nitrogen and oxygen atoms in total. The summed E-state index contributed by atoms with van der Waals surface area (Å²) in [5.41, 5.74) is 5.34. The number of rotatable bonds is 5. The molecular formula is C13H27N3O3. The highest BCUT2D eigenvalue weighted by molar-refractivity contribution is 5.67. The molecule has 6 heteroatoms. The van der Waals surface area contributed by atoms with Crippen LogP contribution in [0.3, 0.4) is 0 Å². The van der Waals surface area contributed by atoms with Crippen molar-refractivity contribution in [1.82, 2.24) is 10.2 Å². The second-order valence-corrected chi connectivity index (χ2v) is 5.76. The van der Waals surface area contributed by atoms with Gasteiger partial charge in [-0.3, -0.25) is 4.90 Å². The monoisotopic (exact) mass is 273 g/mol. The van der Waals surface area contributed by atoms with Gasteiger partial charge in [0.1, 0.15) is 5.60 Å². The van der Waals surface area contributed by atoms with Crippen molar-refractivity contribution in [1.29, 1.82) is 0 Å². The summed E-state index contributed by atoms with van der Waals surface area (Å²) >= 11 is 0. The van der Waals surface area contributed by atoms with Crippen LogP contribution in [-0.4, -0.2) is 62.0 Å². The Morgan fingerprint density at radius 1 is 1.42 bits per heavy atom. The first-order valence-corrected chi connectivity index (χ1v) is 6.91. The van der Waals surface area contributed by atoms with E-state index in [2.05, 4.69) is 10.2 Å². The summed E-state index contributed by atoms with van der Waals surface area (Å²) in [4.78, 5) is 13.8. The number of alkyl carbamates (subject to hydrolysis) is 1. The number of nitrogens with one attached hydrogen (secondary N) is 1. The molecule has 3 N–H and O–H groups in total. The number of amides is 1. The minimum absolute atomic E-state index is 0.291. The van der Waals surface area contributed by atoms with Gasteiger partial charge in [-0.05, 0) is 27.2 Å². The first kappa shape index (κ1) is 16.2. The van der Waals surface area contributed by atoms with Gasteiger partial charge in [0.25, 0.3) is 0 Å². The van der Waals surface area contributed by atoms with Crippen molar-refractivity contribution in [3.63, 3.8) is 0 Å². The lowest BCUT2D eigenvalue weighted by atomic mass is 10.1. The molecule has 1 rings (SSSR count). The highest BCUT2D eigenvalue weighted by Gasteiger charge is 2.20. The second-order valence-electron chi connectivity index (χ2n) is 5.76. The average molecular weight is 273 g/mol. The number of nitrogens with zero attached hydrogens (tertiary/aromatic N) is 1. The van der Waals surface area contributed by atoms with E-state index in [0.29, 0.717) is 19.1 Å². The number of hydrogen-bond donors (Lipinski definition) is 2. The average Bonchev–Trinajstić information content (AvgIpc) is 2.33. The Morgan fingerprint density at radius 3 is 2.58 bits per heavy atom. The zero-order valence-electron chi connectivity index (χ0n) is 12.3. The Balaban J connectivity index is 2.23. The largest absolute Gasteiger partial charge is 0.444 e. The molecule has 0 aliphatic carbocycles. The van der Waals surface area contributed by atoms with Crippen molar-refractivity contribution in [2.75, 3.05) is 39.4 Å². The minimum Gasteiger partial charge on any atom is -0.444 e. The van der Waals surface area contributed by atoms with Crippen LogP contribution >= 0.6 is 0 Å². The Bertz CT molecular complexity index is 273. The lowest BCUT2D eigenvalue weighted by Gasteiger charge is -2.33. The van der Waals surface area contributed by atoms with Gasteiger partial charge in [0.2, 0.25) is 0 Å². The fraction of sp³-hybridized carbons (Fsp3) is 0.923. The van der Waals surface area contributed by atoms with Gasteiger partial charge in [0, 0.05) is 32.2 Å². The van der Waals surface area contributed by atoms with E-state index in [9.17, 15) is 4.79 Å². The summed E-state index contributed by atoms with van der Waals surface area (Å²) in [6.45, 7) is 10.1. The van der Waals surface area contributed by atoms with E-state index in [1.165, 1.54) is 0 Å². The Labute approximate surface area is 115 Å². The molecule has 19 heavy (non-hydrogen) atoms. The standard InChI is InChI=1S/C13H27N3O3/c1-13(2,3)19-12(17)15-5-4-11(10-14)16-6-8-18-9-7-16/h11H,4-10,14H2,1-3H3,(H,15,17). The smallest absolute Gasteiger partial charge is 0.407 e. The molecule has 0 aromatic rings. The van der Waals surface area contributed by atoms with Gasteiger partial charge in [-0.25, -0.2) is 4.79 Å². The lowest BCUT2D eigenvalue weighted by molar-refractivity contribution is 0.0161. The quantitative estimate of drug-likeness (QED) is 0.765.